The summed E-state index contributed by atoms with van der Waals surface area (Å²) in [7, 11) is 0. The lowest BCUT2D eigenvalue weighted by atomic mass is 10.0. The Kier molecular flexibility index (Phi) is 15.3. The first kappa shape index (κ1) is 30.9. The SMILES string of the molecule is CCCN(CC(=O)N[C@H](C#N)Cc1ccc(C(=N)N)cc1)C(=O)CNC(C)=O.CCCN=C(N)N. The molecule has 0 saturated carbocycles. The molecule has 35 heavy (non-hydrogen) atoms. The Morgan fingerprint density at radius 2 is 1.77 bits per heavy atom. The third-order valence-corrected chi connectivity index (χ3v) is 4.38. The van der Waals surface area contributed by atoms with Crippen molar-refractivity contribution in [1.82, 2.24) is 15.5 Å². The van der Waals surface area contributed by atoms with E-state index in [1.807, 2.05) is 19.9 Å². The summed E-state index contributed by atoms with van der Waals surface area (Å²) in [6, 6.07) is 8.12. The second-order valence-corrected chi connectivity index (χ2v) is 7.60. The monoisotopic (exact) mass is 487 g/mol. The second-order valence-electron chi connectivity index (χ2n) is 7.60. The van der Waals surface area contributed by atoms with Crippen molar-refractivity contribution in [2.75, 3.05) is 26.2 Å². The fraction of sp³-hybridized carbons (Fsp3) is 0.478. The molecule has 12 heteroatoms. The van der Waals surface area contributed by atoms with Gasteiger partial charge in [0.1, 0.15) is 11.9 Å². The molecule has 1 atom stereocenters. The van der Waals surface area contributed by atoms with E-state index in [0.29, 0.717) is 18.5 Å². The van der Waals surface area contributed by atoms with Gasteiger partial charge in [0.05, 0.1) is 19.2 Å². The molecule has 0 unspecified atom stereocenters. The molecule has 0 fully saturated rings. The second kappa shape index (κ2) is 17.4. The van der Waals surface area contributed by atoms with Crippen LogP contribution < -0.4 is 27.8 Å². The van der Waals surface area contributed by atoms with Crippen LogP contribution >= 0.6 is 0 Å². The molecule has 0 radical (unpaired) electrons. The summed E-state index contributed by atoms with van der Waals surface area (Å²) in [5, 5.41) is 21.7. The predicted octanol–water partition coefficient (Wildman–Crippen LogP) is -0.434. The largest absolute Gasteiger partial charge is 0.384 e. The lowest BCUT2D eigenvalue weighted by Gasteiger charge is -2.22. The predicted molar refractivity (Wildman–Crippen MR) is 135 cm³/mol. The van der Waals surface area contributed by atoms with E-state index in [0.717, 1.165) is 18.5 Å². The molecule has 1 aromatic carbocycles. The van der Waals surface area contributed by atoms with Crippen LogP contribution in [0.1, 0.15) is 44.7 Å². The number of rotatable bonds is 12. The molecule has 0 saturated heterocycles. The van der Waals surface area contributed by atoms with Gasteiger partial charge in [-0.05, 0) is 18.4 Å². The first-order valence-electron chi connectivity index (χ1n) is 11.2. The molecule has 9 N–H and O–H groups in total. The van der Waals surface area contributed by atoms with Crippen LogP contribution in [0.4, 0.5) is 0 Å². The average Bonchev–Trinajstić information content (AvgIpc) is 2.81. The quantitative estimate of drug-likeness (QED) is 0.168. The summed E-state index contributed by atoms with van der Waals surface area (Å²) in [6.45, 7) is 5.95. The molecular formula is C23H37N9O3. The Morgan fingerprint density at radius 3 is 2.20 bits per heavy atom. The number of amides is 3. The number of hydrogen-bond donors (Lipinski definition) is 6. The lowest BCUT2D eigenvalue weighted by molar-refractivity contribution is -0.136. The molecule has 0 aliphatic carbocycles. The number of aliphatic imine (C=N–C) groups is 1. The smallest absolute Gasteiger partial charge is 0.242 e. The van der Waals surface area contributed by atoms with E-state index in [9.17, 15) is 19.6 Å². The van der Waals surface area contributed by atoms with Crippen molar-refractivity contribution in [3.63, 3.8) is 0 Å². The first-order valence-corrected chi connectivity index (χ1v) is 11.2. The van der Waals surface area contributed by atoms with E-state index >= 15 is 0 Å². The number of nitrogens with two attached hydrogens (primary N) is 3. The Bertz CT molecular complexity index is 904. The van der Waals surface area contributed by atoms with Crippen molar-refractivity contribution in [3.8, 4) is 6.07 Å². The minimum absolute atomic E-state index is 0.0448. The molecule has 0 bridgehead atoms. The van der Waals surface area contributed by atoms with Crippen LogP contribution in [-0.2, 0) is 20.8 Å². The third-order valence-electron chi connectivity index (χ3n) is 4.38. The molecule has 0 spiro atoms. The number of nitriles is 1. The summed E-state index contributed by atoms with van der Waals surface area (Å²) in [6.07, 6.45) is 1.94. The van der Waals surface area contributed by atoms with Crippen molar-refractivity contribution < 1.29 is 14.4 Å². The van der Waals surface area contributed by atoms with Gasteiger partial charge in [0, 0.05) is 32.0 Å². The van der Waals surface area contributed by atoms with Gasteiger partial charge >= 0.3 is 0 Å². The highest BCUT2D eigenvalue weighted by Gasteiger charge is 2.19. The zero-order chi connectivity index (χ0) is 26.8. The number of nitrogens with one attached hydrogen (secondary N) is 3. The van der Waals surface area contributed by atoms with Gasteiger partial charge in [-0.15, -0.1) is 0 Å². The molecule has 0 heterocycles. The van der Waals surface area contributed by atoms with Gasteiger partial charge in [-0.2, -0.15) is 5.26 Å². The number of amidine groups is 1. The molecule has 12 nitrogen and oxygen atoms in total. The van der Waals surface area contributed by atoms with Crippen LogP contribution in [0.2, 0.25) is 0 Å². The summed E-state index contributed by atoms with van der Waals surface area (Å²) in [5.74, 6) is -0.995. The number of guanidine groups is 1. The van der Waals surface area contributed by atoms with E-state index < -0.39 is 11.9 Å². The lowest BCUT2D eigenvalue weighted by Crippen LogP contribution is -2.47. The highest BCUT2D eigenvalue weighted by atomic mass is 16.2. The van der Waals surface area contributed by atoms with E-state index in [2.05, 4.69) is 15.6 Å². The van der Waals surface area contributed by atoms with Gasteiger partial charge in [0.15, 0.2) is 5.96 Å². The van der Waals surface area contributed by atoms with E-state index in [-0.39, 0.29) is 43.1 Å². The van der Waals surface area contributed by atoms with E-state index in [1.165, 1.54) is 11.8 Å². The number of carbonyl (C=O) groups is 3. The van der Waals surface area contributed by atoms with Gasteiger partial charge in [-0.3, -0.25) is 24.8 Å². The third kappa shape index (κ3) is 14.6. The summed E-state index contributed by atoms with van der Waals surface area (Å²) in [5.41, 5.74) is 16.8. The Hall–Kier alpha value is -4.14. The normalized spacial score (nSPS) is 10.5. The maximum absolute atomic E-state index is 12.3. The molecule has 0 aliphatic heterocycles. The molecule has 3 amide bonds. The van der Waals surface area contributed by atoms with Crippen molar-refractivity contribution in [3.05, 3.63) is 35.4 Å². The number of nitrogen functional groups attached to an aromatic ring is 1. The average molecular weight is 488 g/mol. The van der Waals surface area contributed by atoms with Gasteiger partial charge in [0.2, 0.25) is 17.7 Å². The Labute approximate surface area is 206 Å². The minimum Gasteiger partial charge on any atom is -0.384 e. The van der Waals surface area contributed by atoms with Crippen LogP contribution in [0.15, 0.2) is 29.3 Å². The van der Waals surface area contributed by atoms with Crippen molar-refractivity contribution in [2.24, 2.45) is 22.2 Å². The molecule has 192 valence electrons. The number of carbonyl (C=O) groups excluding carboxylic acids is 3. The van der Waals surface area contributed by atoms with Crippen molar-refractivity contribution in [2.45, 2.75) is 46.1 Å². The topological polar surface area (TPSA) is 217 Å². The number of nitrogens with zero attached hydrogens (tertiary/aromatic N) is 3. The van der Waals surface area contributed by atoms with E-state index in [1.54, 1.807) is 24.3 Å². The Morgan fingerprint density at radius 1 is 1.14 bits per heavy atom. The molecule has 0 aliphatic rings. The highest BCUT2D eigenvalue weighted by Crippen LogP contribution is 2.07. The molecule has 1 rings (SSSR count). The van der Waals surface area contributed by atoms with Gasteiger partial charge in [-0.1, -0.05) is 38.1 Å². The van der Waals surface area contributed by atoms with Crippen molar-refractivity contribution >= 4 is 29.5 Å². The minimum atomic E-state index is -0.760. The fourth-order valence-corrected chi connectivity index (χ4v) is 2.71. The zero-order valence-electron chi connectivity index (χ0n) is 20.6. The molecular weight excluding hydrogens is 450 g/mol. The van der Waals surface area contributed by atoms with Gasteiger partial charge < -0.3 is 32.7 Å². The Balaban J connectivity index is 0.00000143. The highest BCUT2D eigenvalue weighted by molar-refractivity contribution is 5.94. The van der Waals surface area contributed by atoms with Crippen LogP contribution in [0.3, 0.4) is 0 Å². The summed E-state index contributed by atoms with van der Waals surface area (Å²) >= 11 is 0. The zero-order valence-corrected chi connectivity index (χ0v) is 20.6. The number of benzene rings is 1. The van der Waals surface area contributed by atoms with Crippen LogP contribution in [0, 0.1) is 16.7 Å². The molecule has 0 aromatic heterocycles. The molecule has 1 aromatic rings. The van der Waals surface area contributed by atoms with E-state index in [4.69, 9.17) is 22.6 Å². The van der Waals surface area contributed by atoms with Gasteiger partial charge in [-0.25, -0.2) is 0 Å². The summed E-state index contributed by atoms with van der Waals surface area (Å²) in [4.78, 5) is 40.4. The van der Waals surface area contributed by atoms with Crippen LogP contribution in [0.25, 0.3) is 0 Å². The first-order chi connectivity index (χ1) is 16.5. The maximum atomic E-state index is 12.3. The fourth-order valence-electron chi connectivity index (χ4n) is 2.71. The summed E-state index contributed by atoms with van der Waals surface area (Å²) < 4.78 is 0. The maximum Gasteiger partial charge on any atom is 0.242 e. The van der Waals surface area contributed by atoms with Crippen LogP contribution in [0.5, 0.6) is 0 Å². The van der Waals surface area contributed by atoms with Gasteiger partial charge in [0.25, 0.3) is 0 Å². The van der Waals surface area contributed by atoms with Crippen molar-refractivity contribution in [1.29, 1.82) is 10.7 Å². The standard InChI is InChI=1S/C19H26N6O3.C4H11N3/c1-3-8-25(18(28)11-23-13(2)26)12-17(27)24-16(10-20)9-14-4-6-15(7-5-14)19(21)22;1-2-3-7-4(5)6/h4-7,16H,3,8-9,11-12H2,1-2H3,(H3,21,22)(H,23,26)(H,24,27);2-3H2,1H3,(H4,5,6,7)/t16-;/m0./s1. The van der Waals surface area contributed by atoms with Crippen LogP contribution in [-0.4, -0.2) is 66.6 Å². The number of hydrogen-bond acceptors (Lipinski definition) is 6.